The smallest absolute Gasteiger partial charge is 0.241 e. The summed E-state index contributed by atoms with van der Waals surface area (Å²) in [6.45, 7) is 3.32. The quantitative estimate of drug-likeness (QED) is 0.846. The Kier molecular flexibility index (Phi) is 3.99. The maximum Gasteiger partial charge on any atom is 0.241 e. The number of carbonyl (C=O) groups is 1. The second-order valence-corrected chi connectivity index (χ2v) is 5.01. The van der Waals surface area contributed by atoms with Crippen LogP contribution in [0.2, 0.25) is 0 Å². The van der Waals surface area contributed by atoms with Crippen LogP contribution in [0.1, 0.15) is 31.4 Å². The monoisotopic (exact) mass is 248 g/mol. The lowest BCUT2D eigenvalue weighted by Gasteiger charge is -2.24. The first-order valence-electron chi connectivity index (χ1n) is 6.33. The van der Waals surface area contributed by atoms with Gasteiger partial charge in [0.1, 0.15) is 6.04 Å². The van der Waals surface area contributed by atoms with E-state index in [1.54, 1.807) is 0 Å². The largest absolute Gasteiger partial charge is 0.373 e. The predicted octanol–water partition coefficient (Wildman–Crippen LogP) is 1.37. The molecule has 1 aromatic rings. The van der Waals surface area contributed by atoms with E-state index >= 15 is 0 Å². The fraction of sp³-hybridized carbons (Fsp3) is 0.500. The highest BCUT2D eigenvalue weighted by atomic mass is 16.5. The molecule has 2 atom stereocenters. The molecule has 1 aromatic carbocycles. The molecule has 0 aromatic heterocycles. The lowest BCUT2D eigenvalue weighted by Crippen LogP contribution is -2.43. The fourth-order valence-electron chi connectivity index (χ4n) is 2.17. The maximum atomic E-state index is 12.0. The highest BCUT2D eigenvalue weighted by molar-refractivity contribution is 5.82. The molecule has 2 rings (SSSR count). The van der Waals surface area contributed by atoms with Gasteiger partial charge in [0.15, 0.2) is 0 Å². The van der Waals surface area contributed by atoms with Gasteiger partial charge < -0.3 is 15.8 Å². The minimum atomic E-state index is -0.615. The van der Waals surface area contributed by atoms with Crippen LogP contribution in [0.5, 0.6) is 0 Å². The van der Waals surface area contributed by atoms with Crippen LogP contribution in [0, 0.1) is 0 Å². The van der Waals surface area contributed by atoms with Crippen LogP contribution in [-0.4, -0.2) is 24.7 Å². The number of ether oxygens (including phenoxy) is 1. The van der Waals surface area contributed by atoms with Gasteiger partial charge in [-0.3, -0.25) is 4.79 Å². The molecule has 1 aliphatic rings. The third kappa shape index (κ3) is 3.09. The van der Waals surface area contributed by atoms with Crippen molar-refractivity contribution in [1.29, 1.82) is 0 Å². The number of benzene rings is 1. The van der Waals surface area contributed by atoms with Gasteiger partial charge in [0.25, 0.3) is 0 Å². The molecule has 0 bridgehead atoms. The standard InChI is InChI=1S/C14H20N2O2/c1-14(8-5-9-18-14)10-16-13(17)12(15)11-6-3-2-4-7-11/h2-4,6-7,12H,5,8-10,15H2,1H3,(H,16,17). The van der Waals surface area contributed by atoms with Crippen molar-refractivity contribution in [1.82, 2.24) is 5.32 Å². The average Bonchev–Trinajstić information content (AvgIpc) is 2.83. The summed E-state index contributed by atoms with van der Waals surface area (Å²) in [6.07, 6.45) is 2.03. The molecule has 1 heterocycles. The highest BCUT2D eigenvalue weighted by Gasteiger charge is 2.30. The summed E-state index contributed by atoms with van der Waals surface area (Å²) in [5.41, 5.74) is 6.51. The van der Waals surface area contributed by atoms with Gasteiger partial charge in [-0.1, -0.05) is 30.3 Å². The second-order valence-electron chi connectivity index (χ2n) is 5.01. The molecule has 1 aliphatic heterocycles. The number of hydrogen-bond acceptors (Lipinski definition) is 3. The van der Waals surface area contributed by atoms with Crippen LogP contribution in [0.4, 0.5) is 0 Å². The average molecular weight is 248 g/mol. The van der Waals surface area contributed by atoms with Crippen molar-refractivity contribution in [2.45, 2.75) is 31.4 Å². The normalized spacial score (nSPS) is 24.8. The number of rotatable bonds is 4. The van der Waals surface area contributed by atoms with Gasteiger partial charge in [-0.05, 0) is 25.3 Å². The summed E-state index contributed by atoms with van der Waals surface area (Å²) in [5, 5.41) is 2.87. The van der Waals surface area contributed by atoms with Gasteiger partial charge in [0, 0.05) is 13.2 Å². The molecular weight excluding hydrogens is 228 g/mol. The van der Waals surface area contributed by atoms with Crippen molar-refractivity contribution >= 4 is 5.91 Å². The van der Waals surface area contributed by atoms with E-state index in [2.05, 4.69) is 5.32 Å². The number of nitrogens with one attached hydrogen (secondary N) is 1. The Morgan fingerprint density at radius 3 is 2.83 bits per heavy atom. The lowest BCUT2D eigenvalue weighted by molar-refractivity contribution is -0.123. The van der Waals surface area contributed by atoms with E-state index in [9.17, 15) is 4.79 Å². The highest BCUT2D eigenvalue weighted by Crippen LogP contribution is 2.24. The third-order valence-electron chi connectivity index (χ3n) is 3.38. The maximum absolute atomic E-state index is 12.0. The Labute approximate surface area is 108 Å². The SMILES string of the molecule is CC1(CNC(=O)C(N)c2ccccc2)CCCO1. The molecule has 4 nitrogen and oxygen atoms in total. The second kappa shape index (κ2) is 5.50. The van der Waals surface area contributed by atoms with Crippen molar-refractivity contribution in [3.63, 3.8) is 0 Å². The Bertz CT molecular complexity index is 400. The molecule has 0 aliphatic carbocycles. The predicted molar refractivity (Wildman–Crippen MR) is 70.0 cm³/mol. The summed E-state index contributed by atoms with van der Waals surface area (Å²) in [4.78, 5) is 12.0. The van der Waals surface area contributed by atoms with Crippen LogP contribution in [0.3, 0.4) is 0 Å². The minimum Gasteiger partial charge on any atom is -0.373 e. The van der Waals surface area contributed by atoms with Crippen molar-refractivity contribution in [3.05, 3.63) is 35.9 Å². The number of hydrogen-bond donors (Lipinski definition) is 2. The zero-order valence-corrected chi connectivity index (χ0v) is 10.7. The summed E-state index contributed by atoms with van der Waals surface area (Å²) in [7, 11) is 0. The van der Waals surface area contributed by atoms with E-state index < -0.39 is 6.04 Å². The molecule has 0 radical (unpaired) electrons. The van der Waals surface area contributed by atoms with Crippen LogP contribution in [0.15, 0.2) is 30.3 Å². The Balaban J connectivity index is 1.88. The van der Waals surface area contributed by atoms with E-state index in [1.165, 1.54) is 0 Å². The summed E-state index contributed by atoms with van der Waals surface area (Å²) in [6, 6.07) is 8.77. The summed E-state index contributed by atoms with van der Waals surface area (Å²) < 4.78 is 5.62. The van der Waals surface area contributed by atoms with Gasteiger partial charge in [-0.15, -0.1) is 0 Å². The zero-order valence-electron chi connectivity index (χ0n) is 10.7. The molecule has 1 amide bonds. The molecule has 1 fully saturated rings. The van der Waals surface area contributed by atoms with Crippen molar-refractivity contribution in [2.75, 3.05) is 13.2 Å². The fourth-order valence-corrected chi connectivity index (χ4v) is 2.17. The van der Waals surface area contributed by atoms with Gasteiger partial charge in [0.05, 0.1) is 5.60 Å². The molecule has 3 N–H and O–H groups in total. The van der Waals surface area contributed by atoms with E-state index in [0.29, 0.717) is 6.54 Å². The summed E-state index contributed by atoms with van der Waals surface area (Å²) in [5.74, 6) is -0.155. The first kappa shape index (κ1) is 13.1. The molecular formula is C14H20N2O2. The van der Waals surface area contributed by atoms with Gasteiger partial charge in [-0.2, -0.15) is 0 Å². The van der Waals surface area contributed by atoms with E-state index in [1.807, 2.05) is 37.3 Å². The molecule has 4 heteroatoms. The first-order valence-corrected chi connectivity index (χ1v) is 6.33. The molecule has 1 saturated heterocycles. The molecule has 98 valence electrons. The van der Waals surface area contributed by atoms with E-state index in [-0.39, 0.29) is 11.5 Å². The Morgan fingerprint density at radius 1 is 1.50 bits per heavy atom. The van der Waals surface area contributed by atoms with Gasteiger partial charge in [0.2, 0.25) is 5.91 Å². The van der Waals surface area contributed by atoms with E-state index in [4.69, 9.17) is 10.5 Å². The molecule has 2 unspecified atom stereocenters. The van der Waals surface area contributed by atoms with Crippen LogP contribution < -0.4 is 11.1 Å². The lowest BCUT2D eigenvalue weighted by atomic mass is 10.0. The van der Waals surface area contributed by atoms with Crippen LogP contribution in [-0.2, 0) is 9.53 Å². The number of carbonyl (C=O) groups excluding carboxylic acids is 1. The number of amides is 1. The van der Waals surface area contributed by atoms with Crippen LogP contribution >= 0.6 is 0 Å². The molecule has 18 heavy (non-hydrogen) atoms. The number of nitrogens with two attached hydrogens (primary N) is 1. The van der Waals surface area contributed by atoms with Crippen molar-refractivity contribution in [3.8, 4) is 0 Å². The Hall–Kier alpha value is -1.39. The van der Waals surface area contributed by atoms with Crippen LogP contribution in [0.25, 0.3) is 0 Å². The summed E-state index contributed by atoms with van der Waals surface area (Å²) >= 11 is 0. The molecule has 0 saturated carbocycles. The topological polar surface area (TPSA) is 64.4 Å². The molecule has 0 spiro atoms. The minimum absolute atomic E-state index is 0.155. The van der Waals surface area contributed by atoms with Gasteiger partial charge in [-0.25, -0.2) is 0 Å². The third-order valence-corrected chi connectivity index (χ3v) is 3.38. The van der Waals surface area contributed by atoms with Crippen molar-refractivity contribution < 1.29 is 9.53 Å². The Morgan fingerprint density at radius 2 is 2.22 bits per heavy atom. The van der Waals surface area contributed by atoms with Gasteiger partial charge >= 0.3 is 0 Å². The zero-order chi connectivity index (χ0) is 13.0. The van der Waals surface area contributed by atoms with E-state index in [0.717, 1.165) is 25.0 Å². The first-order chi connectivity index (χ1) is 8.61. The van der Waals surface area contributed by atoms with Crippen molar-refractivity contribution in [2.24, 2.45) is 5.73 Å².